The molecule has 1 aromatic carbocycles. The van der Waals surface area contributed by atoms with E-state index in [2.05, 4.69) is 10.6 Å². The topological polar surface area (TPSA) is 95.5 Å². The molecule has 1 saturated carbocycles. The Labute approximate surface area is 151 Å². The van der Waals surface area contributed by atoms with Gasteiger partial charge in [0.1, 0.15) is 6.04 Å². The number of carboxylic acid groups (broad SMARTS) is 1. The molecule has 2 amide bonds. The van der Waals surface area contributed by atoms with Gasteiger partial charge >= 0.3 is 5.97 Å². The van der Waals surface area contributed by atoms with Crippen LogP contribution < -0.4 is 10.6 Å². The summed E-state index contributed by atoms with van der Waals surface area (Å²) in [5, 5.41) is 14.3. The number of hydrogen-bond acceptors (Lipinski definition) is 3. The monoisotopic (exact) mass is 366 g/mol. The molecular formula is C18H23ClN2O4. The van der Waals surface area contributed by atoms with Gasteiger partial charge in [-0.2, -0.15) is 0 Å². The maximum atomic E-state index is 12.2. The molecule has 1 unspecified atom stereocenters. The third-order valence-electron chi connectivity index (χ3n) is 4.44. The van der Waals surface area contributed by atoms with Gasteiger partial charge in [0.25, 0.3) is 0 Å². The molecule has 0 bridgehead atoms. The first-order chi connectivity index (χ1) is 11.9. The van der Waals surface area contributed by atoms with E-state index in [0.717, 1.165) is 12.8 Å². The van der Waals surface area contributed by atoms with Crippen LogP contribution in [0.1, 0.15) is 55.8 Å². The lowest BCUT2D eigenvalue weighted by Crippen LogP contribution is -2.42. The van der Waals surface area contributed by atoms with Crippen molar-refractivity contribution in [2.45, 2.75) is 51.5 Å². The molecule has 2 rings (SSSR count). The molecular weight excluding hydrogens is 344 g/mol. The van der Waals surface area contributed by atoms with Crippen molar-refractivity contribution in [3.63, 3.8) is 0 Å². The van der Waals surface area contributed by atoms with E-state index < -0.39 is 12.0 Å². The Balaban J connectivity index is 1.86. The molecule has 0 aromatic heterocycles. The maximum absolute atomic E-state index is 12.2. The Hall–Kier alpha value is -2.08. The van der Waals surface area contributed by atoms with Gasteiger partial charge in [-0.1, -0.05) is 30.9 Å². The Morgan fingerprint density at radius 3 is 2.52 bits per heavy atom. The Morgan fingerprint density at radius 2 is 1.92 bits per heavy atom. The van der Waals surface area contributed by atoms with Crippen molar-refractivity contribution in [1.29, 1.82) is 0 Å². The highest BCUT2D eigenvalue weighted by molar-refractivity contribution is 6.33. The minimum absolute atomic E-state index is 0.0338. The number of nitrogens with one attached hydrogen (secondary N) is 2. The van der Waals surface area contributed by atoms with E-state index in [1.165, 1.54) is 37.5 Å². The van der Waals surface area contributed by atoms with Crippen LogP contribution in [0.15, 0.2) is 18.2 Å². The summed E-state index contributed by atoms with van der Waals surface area (Å²) in [6.07, 6.45) is 6.17. The van der Waals surface area contributed by atoms with Gasteiger partial charge in [0, 0.05) is 12.1 Å². The lowest BCUT2D eigenvalue weighted by molar-refractivity contribution is -0.126. The van der Waals surface area contributed by atoms with Gasteiger partial charge in [-0.3, -0.25) is 9.59 Å². The molecule has 1 fully saturated rings. The van der Waals surface area contributed by atoms with Crippen molar-refractivity contribution in [3.05, 3.63) is 28.8 Å². The zero-order chi connectivity index (χ0) is 18.4. The smallest absolute Gasteiger partial charge is 0.337 e. The molecule has 0 saturated heterocycles. The highest BCUT2D eigenvalue weighted by Gasteiger charge is 2.21. The van der Waals surface area contributed by atoms with Crippen LogP contribution in [0.4, 0.5) is 5.69 Å². The molecule has 0 radical (unpaired) electrons. The van der Waals surface area contributed by atoms with Crippen molar-refractivity contribution in [2.75, 3.05) is 5.32 Å². The Kier molecular flexibility index (Phi) is 6.82. The lowest BCUT2D eigenvalue weighted by atomic mass is 9.87. The van der Waals surface area contributed by atoms with Gasteiger partial charge in [0.05, 0.1) is 10.6 Å². The predicted molar refractivity (Wildman–Crippen MR) is 95.8 cm³/mol. The number of amides is 2. The molecule has 1 aromatic rings. The second-order valence-electron chi connectivity index (χ2n) is 6.49. The van der Waals surface area contributed by atoms with E-state index in [9.17, 15) is 14.4 Å². The molecule has 7 heteroatoms. The van der Waals surface area contributed by atoms with Crippen LogP contribution in [0.2, 0.25) is 5.02 Å². The van der Waals surface area contributed by atoms with E-state index in [4.69, 9.17) is 16.7 Å². The molecule has 1 atom stereocenters. The second-order valence-corrected chi connectivity index (χ2v) is 6.89. The standard InChI is InChI=1S/C18H23ClN2O4/c1-11(20-16(22)9-12-5-3-2-4-6-12)17(23)21-13-7-8-14(18(24)25)15(19)10-13/h7-8,10-12H,2-6,9H2,1H3,(H,20,22)(H,21,23)(H,24,25). The fourth-order valence-electron chi connectivity index (χ4n) is 3.04. The number of carboxylic acids is 1. The van der Waals surface area contributed by atoms with Gasteiger partial charge in [0.15, 0.2) is 0 Å². The summed E-state index contributed by atoms with van der Waals surface area (Å²) in [5.41, 5.74) is 0.349. The van der Waals surface area contributed by atoms with Crippen molar-refractivity contribution >= 4 is 35.1 Å². The van der Waals surface area contributed by atoms with Crippen LogP contribution in [-0.4, -0.2) is 28.9 Å². The summed E-state index contributed by atoms with van der Waals surface area (Å²) < 4.78 is 0. The van der Waals surface area contributed by atoms with Gasteiger partial charge in [-0.05, 0) is 43.9 Å². The zero-order valence-electron chi connectivity index (χ0n) is 14.2. The summed E-state index contributed by atoms with van der Waals surface area (Å²) in [6.45, 7) is 1.61. The van der Waals surface area contributed by atoms with Crippen molar-refractivity contribution < 1.29 is 19.5 Å². The molecule has 25 heavy (non-hydrogen) atoms. The average molecular weight is 367 g/mol. The first kappa shape index (κ1) is 19.2. The summed E-state index contributed by atoms with van der Waals surface area (Å²) in [7, 11) is 0. The SMILES string of the molecule is CC(NC(=O)CC1CCCCC1)C(=O)Nc1ccc(C(=O)O)c(Cl)c1. The first-order valence-electron chi connectivity index (χ1n) is 8.50. The lowest BCUT2D eigenvalue weighted by Gasteiger charge is -2.22. The number of halogens is 1. The summed E-state index contributed by atoms with van der Waals surface area (Å²) >= 11 is 5.88. The fraction of sp³-hybridized carbons (Fsp3) is 0.500. The molecule has 1 aliphatic rings. The molecule has 0 spiro atoms. The van der Waals surface area contributed by atoms with E-state index >= 15 is 0 Å². The zero-order valence-corrected chi connectivity index (χ0v) is 14.9. The summed E-state index contributed by atoms with van der Waals surface area (Å²) in [6, 6.07) is 3.48. The van der Waals surface area contributed by atoms with Gasteiger partial charge in [0.2, 0.25) is 11.8 Å². The molecule has 0 heterocycles. The van der Waals surface area contributed by atoms with Crippen LogP contribution in [0.5, 0.6) is 0 Å². The molecule has 3 N–H and O–H groups in total. The van der Waals surface area contributed by atoms with Gasteiger partial charge < -0.3 is 15.7 Å². The number of hydrogen-bond donors (Lipinski definition) is 3. The maximum Gasteiger partial charge on any atom is 0.337 e. The number of rotatable bonds is 6. The first-order valence-corrected chi connectivity index (χ1v) is 8.87. The molecule has 0 aliphatic heterocycles. The van der Waals surface area contributed by atoms with Crippen LogP contribution >= 0.6 is 11.6 Å². The molecule has 1 aliphatic carbocycles. The fourth-order valence-corrected chi connectivity index (χ4v) is 3.30. The summed E-state index contributed by atoms with van der Waals surface area (Å²) in [5.74, 6) is -1.22. The number of carbonyl (C=O) groups excluding carboxylic acids is 2. The van der Waals surface area contributed by atoms with Crippen molar-refractivity contribution in [2.24, 2.45) is 5.92 Å². The second kappa shape index (κ2) is 8.85. The van der Waals surface area contributed by atoms with E-state index in [1.54, 1.807) is 6.92 Å². The number of aromatic carboxylic acids is 1. The quantitative estimate of drug-likeness (QED) is 0.718. The van der Waals surface area contributed by atoms with Gasteiger partial charge in [-0.15, -0.1) is 0 Å². The average Bonchev–Trinajstić information content (AvgIpc) is 2.55. The number of anilines is 1. The van der Waals surface area contributed by atoms with Crippen molar-refractivity contribution in [3.8, 4) is 0 Å². The van der Waals surface area contributed by atoms with Crippen molar-refractivity contribution in [1.82, 2.24) is 5.32 Å². The normalized spacial score (nSPS) is 16.1. The minimum atomic E-state index is -1.13. The van der Waals surface area contributed by atoms with Crippen LogP contribution in [0.25, 0.3) is 0 Å². The third-order valence-corrected chi connectivity index (χ3v) is 4.75. The van der Waals surface area contributed by atoms with E-state index in [1.807, 2.05) is 0 Å². The van der Waals surface area contributed by atoms with Gasteiger partial charge in [-0.25, -0.2) is 4.79 Å². The highest BCUT2D eigenvalue weighted by atomic mass is 35.5. The van der Waals surface area contributed by atoms with E-state index in [0.29, 0.717) is 18.0 Å². The third kappa shape index (κ3) is 5.74. The van der Waals surface area contributed by atoms with E-state index in [-0.39, 0.29) is 22.4 Å². The Bertz CT molecular complexity index is 656. The number of benzene rings is 1. The Morgan fingerprint density at radius 1 is 1.24 bits per heavy atom. The predicted octanol–water partition coefficient (Wildman–Crippen LogP) is 3.45. The number of carbonyl (C=O) groups is 3. The largest absolute Gasteiger partial charge is 0.478 e. The molecule has 136 valence electrons. The molecule has 6 nitrogen and oxygen atoms in total. The minimum Gasteiger partial charge on any atom is -0.478 e. The van der Waals surface area contributed by atoms with Crippen LogP contribution in [0, 0.1) is 5.92 Å². The van der Waals surface area contributed by atoms with Crippen LogP contribution in [0.3, 0.4) is 0 Å². The highest BCUT2D eigenvalue weighted by Crippen LogP contribution is 2.26. The van der Waals surface area contributed by atoms with Crippen LogP contribution in [-0.2, 0) is 9.59 Å². The summed E-state index contributed by atoms with van der Waals surface area (Å²) in [4.78, 5) is 35.2.